The summed E-state index contributed by atoms with van der Waals surface area (Å²) in [5.41, 5.74) is 8.20. The minimum atomic E-state index is 0.0265. The van der Waals surface area contributed by atoms with Crippen molar-refractivity contribution in [3.05, 3.63) is 46.6 Å². The summed E-state index contributed by atoms with van der Waals surface area (Å²) in [7, 11) is 0. The standard InChI is InChI=1S/C14H9N3OS/c15-14-17-10-6-5-9-11(13(10)19-14)12(18)7-3-1-2-4-8(7)16-9/h1-6H,(H2,15,17)(H,16,18). The van der Waals surface area contributed by atoms with Crippen molar-refractivity contribution in [3.63, 3.8) is 0 Å². The van der Waals surface area contributed by atoms with Crippen LogP contribution in [0.3, 0.4) is 0 Å². The zero-order valence-corrected chi connectivity index (χ0v) is 10.6. The second-order valence-electron chi connectivity index (χ2n) is 4.39. The third kappa shape index (κ3) is 1.39. The monoisotopic (exact) mass is 267 g/mol. The Balaban J connectivity index is 2.36. The number of para-hydroxylation sites is 1. The Morgan fingerprint density at radius 1 is 1.11 bits per heavy atom. The van der Waals surface area contributed by atoms with Gasteiger partial charge in [-0.25, -0.2) is 4.98 Å². The van der Waals surface area contributed by atoms with Crippen LogP contribution in [0.25, 0.3) is 32.0 Å². The molecule has 0 spiro atoms. The molecule has 0 saturated heterocycles. The molecule has 0 aliphatic heterocycles. The molecule has 0 atom stereocenters. The SMILES string of the molecule is Nc1nc2ccc3[nH]c4ccccc4c(=O)c3c2s1. The Kier molecular flexibility index (Phi) is 1.97. The lowest BCUT2D eigenvalue weighted by molar-refractivity contribution is 1.47. The number of thiazole rings is 1. The number of hydrogen-bond acceptors (Lipinski definition) is 4. The quantitative estimate of drug-likeness (QED) is 0.481. The van der Waals surface area contributed by atoms with Crippen molar-refractivity contribution in [1.82, 2.24) is 9.97 Å². The van der Waals surface area contributed by atoms with Gasteiger partial charge in [0.15, 0.2) is 10.6 Å². The van der Waals surface area contributed by atoms with E-state index in [2.05, 4.69) is 9.97 Å². The van der Waals surface area contributed by atoms with Gasteiger partial charge in [-0.1, -0.05) is 23.5 Å². The zero-order chi connectivity index (χ0) is 13.0. The van der Waals surface area contributed by atoms with Gasteiger partial charge in [0.05, 0.1) is 21.1 Å². The van der Waals surface area contributed by atoms with E-state index in [4.69, 9.17) is 5.73 Å². The van der Waals surface area contributed by atoms with E-state index < -0.39 is 0 Å². The van der Waals surface area contributed by atoms with Crippen LogP contribution >= 0.6 is 11.3 Å². The highest BCUT2D eigenvalue weighted by atomic mass is 32.1. The molecule has 4 aromatic rings. The van der Waals surface area contributed by atoms with Gasteiger partial charge in [0, 0.05) is 10.9 Å². The summed E-state index contributed by atoms with van der Waals surface area (Å²) < 4.78 is 0.849. The van der Waals surface area contributed by atoms with Crippen molar-refractivity contribution in [3.8, 4) is 0 Å². The first-order valence-electron chi connectivity index (χ1n) is 5.84. The third-order valence-electron chi connectivity index (χ3n) is 3.24. The van der Waals surface area contributed by atoms with Crippen molar-refractivity contribution < 1.29 is 0 Å². The van der Waals surface area contributed by atoms with Crippen LogP contribution in [0.1, 0.15) is 0 Å². The van der Waals surface area contributed by atoms with Gasteiger partial charge < -0.3 is 10.7 Å². The topological polar surface area (TPSA) is 71.8 Å². The molecule has 2 aromatic heterocycles. The minimum absolute atomic E-state index is 0.0265. The molecule has 2 heterocycles. The third-order valence-corrected chi connectivity index (χ3v) is 4.16. The van der Waals surface area contributed by atoms with Crippen LogP contribution in [-0.2, 0) is 0 Å². The largest absolute Gasteiger partial charge is 0.375 e. The van der Waals surface area contributed by atoms with Crippen LogP contribution in [0.2, 0.25) is 0 Å². The molecule has 4 rings (SSSR count). The first-order valence-corrected chi connectivity index (χ1v) is 6.65. The van der Waals surface area contributed by atoms with Crippen LogP contribution < -0.4 is 11.2 Å². The van der Waals surface area contributed by atoms with E-state index in [-0.39, 0.29) is 5.43 Å². The maximum absolute atomic E-state index is 12.6. The van der Waals surface area contributed by atoms with Gasteiger partial charge in [0.1, 0.15) is 0 Å². The van der Waals surface area contributed by atoms with Gasteiger partial charge in [-0.2, -0.15) is 0 Å². The molecule has 0 saturated carbocycles. The summed E-state index contributed by atoms with van der Waals surface area (Å²) in [5.74, 6) is 0. The van der Waals surface area contributed by atoms with E-state index >= 15 is 0 Å². The number of nitrogens with one attached hydrogen (secondary N) is 1. The molecule has 92 valence electrons. The minimum Gasteiger partial charge on any atom is -0.375 e. The van der Waals surface area contributed by atoms with E-state index in [1.807, 2.05) is 36.4 Å². The van der Waals surface area contributed by atoms with Crippen molar-refractivity contribution in [2.75, 3.05) is 5.73 Å². The smallest absolute Gasteiger partial charge is 0.198 e. The average Bonchev–Trinajstić information content (AvgIpc) is 2.79. The lowest BCUT2D eigenvalue weighted by atomic mass is 10.1. The molecule has 5 heteroatoms. The van der Waals surface area contributed by atoms with E-state index in [9.17, 15) is 4.79 Å². The predicted molar refractivity (Wildman–Crippen MR) is 79.7 cm³/mol. The molecular weight excluding hydrogens is 258 g/mol. The van der Waals surface area contributed by atoms with Crippen molar-refractivity contribution in [2.45, 2.75) is 0 Å². The first-order chi connectivity index (χ1) is 9.24. The van der Waals surface area contributed by atoms with Crippen LogP contribution in [0, 0.1) is 0 Å². The van der Waals surface area contributed by atoms with E-state index in [1.165, 1.54) is 11.3 Å². The fourth-order valence-electron chi connectivity index (χ4n) is 2.41. The Morgan fingerprint density at radius 3 is 2.84 bits per heavy atom. The van der Waals surface area contributed by atoms with Crippen LogP contribution in [-0.4, -0.2) is 9.97 Å². The highest BCUT2D eigenvalue weighted by molar-refractivity contribution is 7.23. The number of hydrogen-bond donors (Lipinski definition) is 2. The highest BCUT2D eigenvalue weighted by Gasteiger charge is 2.11. The van der Waals surface area contributed by atoms with Gasteiger partial charge >= 0.3 is 0 Å². The predicted octanol–water partition coefficient (Wildman–Crippen LogP) is 2.87. The fourth-order valence-corrected chi connectivity index (χ4v) is 3.28. The number of aromatic nitrogens is 2. The number of fused-ring (bicyclic) bond motifs is 4. The fraction of sp³-hybridized carbons (Fsp3) is 0. The summed E-state index contributed by atoms with van der Waals surface area (Å²) in [6.45, 7) is 0. The Bertz CT molecular complexity index is 1000. The summed E-state index contributed by atoms with van der Waals surface area (Å²) in [6.07, 6.45) is 0. The molecule has 0 fully saturated rings. The highest BCUT2D eigenvalue weighted by Crippen LogP contribution is 2.29. The normalized spacial score (nSPS) is 11.6. The number of nitrogen functional groups attached to an aromatic ring is 1. The Morgan fingerprint density at radius 2 is 1.95 bits per heavy atom. The molecule has 19 heavy (non-hydrogen) atoms. The molecular formula is C14H9N3OS. The Hall–Kier alpha value is -2.40. The summed E-state index contributed by atoms with van der Waals surface area (Å²) in [4.78, 5) is 20.1. The van der Waals surface area contributed by atoms with Gasteiger partial charge in [0.2, 0.25) is 0 Å². The number of anilines is 1. The number of nitrogens with two attached hydrogens (primary N) is 1. The average molecular weight is 267 g/mol. The van der Waals surface area contributed by atoms with Gasteiger partial charge in [-0.15, -0.1) is 0 Å². The second kappa shape index (κ2) is 3.55. The maximum Gasteiger partial charge on any atom is 0.198 e. The molecule has 0 amide bonds. The summed E-state index contributed by atoms with van der Waals surface area (Å²) >= 11 is 1.35. The molecule has 0 unspecified atom stereocenters. The lowest BCUT2D eigenvalue weighted by Gasteiger charge is -2.02. The van der Waals surface area contributed by atoms with Crippen LogP contribution in [0.5, 0.6) is 0 Å². The van der Waals surface area contributed by atoms with E-state index in [1.54, 1.807) is 0 Å². The van der Waals surface area contributed by atoms with Gasteiger partial charge in [-0.05, 0) is 24.3 Å². The van der Waals surface area contributed by atoms with Crippen molar-refractivity contribution in [1.29, 1.82) is 0 Å². The summed E-state index contributed by atoms with van der Waals surface area (Å²) in [5, 5.41) is 1.84. The number of rotatable bonds is 0. The van der Waals surface area contributed by atoms with E-state index in [0.717, 1.165) is 21.3 Å². The molecule has 0 radical (unpaired) electrons. The number of nitrogens with zero attached hydrogens (tertiary/aromatic N) is 1. The molecule has 4 nitrogen and oxygen atoms in total. The first kappa shape index (κ1) is 10.5. The molecule has 0 aliphatic rings. The van der Waals surface area contributed by atoms with Gasteiger partial charge in [-0.3, -0.25) is 4.79 Å². The molecule has 0 aliphatic carbocycles. The van der Waals surface area contributed by atoms with Gasteiger partial charge in [0.25, 0.3) is 0 Å². The number of benzene rings is 2. The zero-order valence-electron chi connectivity index (χ0n) is 9.81. The van der Waals surface area contributed by atoms with Crippen LogP contribution in [0.4, 0.5) is 5.13 Å². The Labute approximate surface area is 111 Å². The molecule has 3 N–H and O–H groups in total. The maximum atomic E-state index is 12.6. The number of pyridine rings is 1. The van der Waals surface area contributed by atoms with Crippen molar-refractivity contribution in [2.24, 2.45) is 0 Å². The molecule has 2 aromatic carbocycles. The van der Waals surface area contributed by atoms with Crippen molar-refractivity contribution >= 4 is 48.5 Å². The second-order valence-corrected chi connectivity index (χ2v) is 5.42. The number of H-pyrrole nitrogens is 1. The lowest BCUT2D eigenvalue weighted by Crippen LogP contribution is -2.03. The van der Waals surface area contributed by atoms with Crippen LogP contribution in [0.15, 0.2) is 41.2 Å². The summed E-state index contributed by atoms with van der Waals surface area (Å²) in [6, 6.07) is 11.3. The van der Waals surface area contributed by atoms with E-state index in [0.29, 0.717) is 15.9 Å². The number of aromatic amines is 1. The molecule has 0 bridgehead atoms.